The minimum atomic E-state index is -4.03. The van der Waals surface area contributed by atoms with Gasteiger partial charge < -0.3 is 24.4 Å². The Morgan fingerprint density at radius 1 is 0.792 bits per heavy atom. The smallest absolute Gasteiger partial charge is 0.407 e. The zero-order valence-corrected chi connectivity index (χ0v) is 32.5. The van der Waals surface area contributed by atoms with Crippen molar-refractivity contribution in [1.82, 2.24) is 14.5 Å². The molecule has 10 nitrogen and oxygen atoms in total. The van der Waals surface area contributed by atoms with E-state index in [0.29, 0.717) is 61.4 Å². The number of amides is 2. The first-order chi connectivity index (χ1) is 25.3. The molecule has 2 aliphatic heterocycles. The van der Waals surface area contributed by atoms with E-state index in [1.807, 2.05) is 69.3 Å². The van der Waals surface area contributed by atoms with E-state index in [0.717, 1.165) is 24.0 Å². The van der Waals surface area contributed by atoms with E-state index in [4.69, 9.17) is 25.8 Å². The highest BCUT2D eigenvalue weighted by atomic mass is 35.5. The predicted octanol–water partition coefficient (Wildman–Crippen LogP) is 8.08. The molecule has 3 aliphatic rings. The summed E-state index contributed by atoms with van der Waals surface area (Å²) < 4.78 is 47.7. The molecule has 2 heterocycles. The summed E-state index contributed by atoms with van der Waals surface area (Å²) in [4.78, 5) is 28.5. The number of nitrogens with zero attached hydrogens (tertiary/aromatic N) is 2. The third-order valence-electron chi connectivity index (χ3n) is 10.3. The summed E-state index contributed by atoms with van der Waals surface area (Å²) in [6.45, 7) is 6.96. The van der Waals surface area contributed by atoms with Crippen LogP contribution in [0.25, 0.3) is 11.1 Å². The maximum Gasteiger partial charge on any atom is 0.407 e. The Morgan fingerprint density at radius 2 is 1.40 bits per heavy atom. The number of hydrogen-bond acceptors (Lipinski definition) is 7. The lowest BCUT2D eigenvalue weighted by molar-refractivity contribution is -0.138. The van der Waals surface area contributed by atoms with Crippen LogP contribution in [-0.4, -0.2) is 79.7 Å². The summed E-state index contributed by atoms with van der Waals surface area (Å²) in [6, 6.07) is 20.8. The molecular formula is C41H52ClN3O7S. The number of ether oxygens (including phenoxy) is 3. The van der Waals surface area contributed by atoms with E-state index in [-0.39, 0.29) is 35.9 Å². The summed E-state index contributed by atoms with van der Waals surface area (Å²) in [7, 11) is -4.03. The van der Waals surface area contributed by atoms with Crippen molar-refractivity contribution in [3.8, 4) is 22.6 Å². The van der Waals surface area contributed by atoms with Gasteiger partial charge in [0.2, 0.25) is 15.9 Å². The van der Waals surface area contributed by atoms with Gasteiger partial charge in [0, 0.05) is 37.1 Å². The first-order valence-corrected chi connectivity index (χ1v) is 20.7. The number of alkyl carbamates (subject to hydrolysis) is 1. The van der Waals surface area contributed by atoms with E-state index in [1.165, 1.54) is 23.6 Å². The lowest BCUT2D eigenvalue weighted by Crippen LogP contribution is -2.58. The lowest BCUT2D eigenvalue weighted by Gasteiger charge is -2.41. The van der Waals surface area contributed by atoms with Crippen LogP contribution in [0.5, 0.6) is 11.5 Å². The highest BCUT2D eigenvalue weighted by Crippen LogP contribution is 2.32. The maximum absolute atomic E-state index is 14.3. The van der Waals surface area contributed by atoms with Crippen molar-refractivity contribution >= 4 is 33.6 Å². The molecule has 0 aromatic heterocycles. The van der Waals surface area contributed by atoms with Crippen LogP contribution in [-0.2, 0) is 19.6 Å². The van der Waals surface area contributed by atoms with E-state index in [1.54, 1.807) is 29.2 Å². The Hall–Kier alpha value is -3.80. The van der Waals surface area contributed by atoms with Gasteiger partial charge in [0.1, 0.15) is 29.2 Å². The van der Waals surface area contributed by atoms with Gasteiger partial charge in [-0.1, -0.05) is 55.1 Å². The van der Waals surface area contributed by atoms with Crippen molar-refractivity contribution in [1.29, 1.82) is 0 Å². The van der Waals surface area contributed by atoms with Gasteiger partial charge in [-0.15, -0.1) is 0 Å². The fraction of sp³-hybridized carbons (Fsp3) is 0.512. The van der Waals surface area contributed by atoms with Crippen LogP contribution in [0, 0.1) is 5.92 Å². The number of sulfonamides is 1. The number of halogens is 1. The normalized spacial score (nSPS) is 20.8. The van der Waals surface area contributed by atoms with Crippen LogP contribution in [0.4, 0.5) is 4.79 Å². The number of piperidine rings is 2. The first-order valence-electron chi connectivity index (χ1n) is 18.9. The molecule has 3 fully saturated rings. The number of hydrogen-bond donors (Lipinski definition) is 1. The van der Waals surface area contributed by atoms with Crippen molar-refractivity contribution in [2.45, 2.75) is 107 Å². The largest absolute Gasteiger partial charge is 0.493 e. The highest BCUT2D eigenvalue weighted by Gasteiger charge is 2.43. The molecule has 2 saturated heterocycles. The molecule has 2 amide bonds. The van der Waals surface area contributed by atoms with Gasteiger partial charge in [0.15, 0.2) is 0 Å². The summed E-state index contributed by atoms with van der Waals surface area (Å²) >= 11 is 6.06. The molecule has 3 aromatic carbocycles. The Balaban J connectivity index is 1.15. The fourth-order valence-corrected chi connectivity index (χ4v) is 9.17. The third kappa shape index (κ3) is 10.5. The third-order valence-corrected chi connectivity index (χ3v) is 12.5. The Labute approximate surface area is 319 Å². The number of carbonyl (C=O) groups excluding carboxylic acids is 2. The minimum absolute atomic E-state index is 0.123. The molecule has 1 aliphatic carbocycles. The van der Waals surface area contributed by atoms with Crippen LogP contribution >= 0.6 is 11.6 Å². The average Bonchev–Trinajstić information content (AvgIpc) is 3.14. The first kappa shape index (κ1) is 38.9. The molecule has 0 radical (unpaired) electrons. The van der Waals surface area contributed by atoms with Gasteiger partial charge in [-0.25, -0.2) is 13.2 Å². The number of benzene rings is 3. The second-order valence-corrected chi connectivity index (χ2v) is 17.8. The monoisotopic (exact) mass is 765 g/mol. The van der Waals surface area contributed by atoms with Crippen molar-refractivity contribution in [3.63, 3.8) is 0 Å². The van der Waals surface area contributed by atoms with E-state index in [2.05, 4.69) is 5.32 Å². The van der Waals surface area contributed by atoms with Crippen LogP contribution in [0.3, 0.4) is 0 Å². The van der Waals surface area contributed by atoms with Gasteiger partial charge in [-0.3, -0.25) is 4.79 Å². The molecule has 3 aromatic rings. The van der Waals surface area contributed by atoms with Crippen LogP contribution in [0.2, 0.25) is 5.02 Å². The minimum Gasteiger partial charge on any atom is -0.493 e. The number of nitrogens with one attached hydrogen (secondary N) is 1. The average molecular weight is 766 g/mol. The standard InChI is InChI=1S/C41H52ClN3O7S/c1-41(2,3)52-40(47)43-33-21-24-44(25-22-33)39(46)38-27-36(51-35-15-11-31(12-16-35)30-9-13-32(42)14-10-30)23-26-45(38)53(48,49)37-19-17-34(18-20-37)50-28-29-7-5-4-6-8-29/h9-20,29,33,36,38H,4-8,21-28H2,1-3H3,(H,43,47)/t36-,38+/m0/s1. The molecule has 0 unspecified atom stereocenters. The van der Waals surface area contributed by atoms with Crippen LogP contribution in [0.15, 0.2) is 77.7 Å². The summed E-state index contributed by atoms with van der Waals surface area (Å²) in [5.41, 5.74) is 1.42. The highest BCUT2D eigenvalue weighted by molar-refractivity contribution is 7.89. The van der Waals surface area contributed by atoms with Crippen molar-refractivity contribution in [2.24, 2.45) is 5.92 Å². The molecule has 1 N–H and O–H groups in total. The zero-order valence-electron chi connectivity index (χ0n) is 31.0. The van der Waals surface area contributed by atoms with Crippen LogP contribution in [0.1, 0.15) is 78.6 Å². The van der Waals surface area contributed by atoms with Crippen LogP contribution < -0.4 is 14.8 Å². The SMILES string of the molecule is CC(C)(C)OC(=O)NC1CCN(C(=O)[C@H]2C[C@@H](Oc3ccc(-c4ccc(Cl)cc4)cc3)CCN2S(=O)(=O)c2ccc(OCC3CCCCC3)cc2)CC1. The predicted molar refractivity (Wildman–Crippen MR) is 206 cm³/mol. The fourth-order valence-electron chi connectivity index (χ4n) is 7.43. The van der Waals surface area contributed by atoms with Gasteiger partial charge in [-0.05, 0) is 118 Å². The molecule has 286 valence electrons. The molecule has 1 saturated carbocycles. The van der Waals surface area contributed by atoms with Gasteiger partial charge >= 0.3 is 6.09 Å². The molecule has 12 heteroatoms. The summed E-state index contributed by atoms with van der Waals surface area (Å²) in [5, 5.41) is 3.58. The van der Waals surface area contributed by atoms with Gasteiger partial charge in [0.05, 0.1) is 11.5 Å². The van der Waals surface area contributed by atoms with Crippen molar-refractivity contribution < 1.29 is 32.2 Å². The topological polar surface area (TPSA) is 114 Å². The number of likely N-dealkylation sites (tertiary alicyclic amines) is 1. The second kappa shape index (κ2) is 17.1. The summed E-state index contributed by atoms with van der Waals surface area (Å²) in [6.07, 6.45) is 6.88. The molecule has 0 bridgehead atoms. The quantitative estimate of drug-likeness (QED) is 0.222. The Kier molecular flexibility index (Phi) is 12.6. The summed E-state index contributed by atoms with van der Waals surface area (Å²) in [5.74, 6) is 1.55. The maximum atomic E-state index is 14.3. The molecule has 6 rings (SSSR count). The number of rotatable bonds is 10. The lowest BCUT2D eigenvalue weighted by atomic mass is 9.90. The molecule has 2 atom stereocenters. The second-order valence-electron chi connectivity index (χ2n) is 15.5. The number of carbonyl (C=O) groups is 2. The molecule has 0 spiro atoms. The zero-order chi connectivity index (χ0) is 37.6. The van der Waals surface area contributed by atoms with E-state index >= 15 is 0 Å². The van der Waals surface area contributed by atoms with E-state index in [9.17, 15) is 18.0 Å². The van der Waals surface area contributed by atoms with Gasteiger partial charge in [-0.2, -0.15) is 4.31 Å². The van der Waals surface area contributed by atoms with Crippen molar-refractivity contribution in [3.05, 3.63) is 77.8 Å². The van der Waals surface area contributed by atoms with Gasteiger partial charge in [0.25, 0.3) is 0 Å². The van der Waals surface area contributed by atoms with E-state index < -0.39 is 27.8 Å². The Bertz CT molecular complexity index is 1780. The molecule has 53 heavy (non-hydrogen) atoms. The Morgan fingerprint density at radius 3 is 2.02 bits per heavy atom. The van der Waals surface area contributed by atoms with Crippen molar-refractivity contribution in [2.75, 3.05) is 26.2 Å². The molecular weight excluding hydrogens is 714 g/mol.